The molecule has 0 aliphatic carbocycles. The molecular formula is C21H26N2O3S. The van der Waals surface area contributed by atoms with E-state index in [0.29, 0.717) is 11.1 Å². The Morgan fingerprint density at radius 2 is 1.63 bits per heavy atom. The first-order valence-electron chi connectivity index (χ1n) is 9.23. The lowest BCUT2D eigenvalue weighted by Gasteiger charge is -2.32. The van der Waals surface area contributed by atoms with E-state index < -0.39 is 9.84 Å². The van der Waals surface area contributed by atoms with E-state index in [-0.39, 0.29) is 11.7 Å². The van der Waals surface area contributed by atoms with Gasteiger partial charge in [-0.05, 0) is 60.7 Å². The Labute approximate surface area is 161 Å². The Balaban J connectivity index is 1.60. The summed E-state index contributed by atoms with van der Waals surface area (Å²) in [7, 11) is -3.08. The predicted octanol–water partition coefficient (Wildman–Crippen LogP) is 3.72. The van der Waals surface area contributed by atoms with Crippen LogP contribution in [0.4, 0.5) is 11.4 Å². The molecule has 0 atom stereocenters. The van der Waals surface area contributed by atoms with Crippen LogP contribution in [0.1, 0.15) is 35.7 Å². The number of sulfone groups is 1. The zero-order valence-corrected chi connectivity index (χ0v) is 16.6. The van der Waals surface area contributed by atoms with E-state index in [4.69, 9.17) is 0 Å². The first kappa shape index (κ1) is 19.4. The molecule has 5 nitrogen and oxygen atoms in total. The number of anilines is 2. The number of benzene rings is 2. The predicted molar refractivity (Wildman–Crippen MR) is 110 cm³/mol. The van der Waals surface area contributed by atoms with E-state index >= 15 is 0 Å². The maximum atomic E-state index is 12.4. The lowest BCUT2D eigenvalue weighted by Crippen LogP contribution is -2.32. The first-order valence-corrected chi connectivity index (χ1v) is 11.3. The normalized spacial score (nSPS) is 15.6. The number of rotatable bonds is 5. The summed E-state index contributed by atoms with van der Waals surface area (Å²) in [6.07, 6.45) is 3.63. The maximum Gasteiger partial charge on any atom is 0.255 e. The van der Waals surface area contributed by atoms with Crippen molar-refractivity contribution in [3.63, 3.8) is 0 Å². The molecule has 0 unspecified atom stereocenters. The van der Waals surface area contributed by atoms with Crippen molar-refractivity contribution in [2.75, 3.05) is 29.6 Å². The Kier molecular flexibility index (Phi) is 5.85. The van der Waals surface area contributed by atoms with Crippen LogP contribution in [0.2, 0.25) is 0 Å². The Morgan fingerprint density at radius 1 is 1.04 bits per heavy atom. The highest BCUT2D eigenvalue weighted by molar-refractivity contribution is 7.89. The molecule has 2 aromatic rings. The molecule has 0 saturated carbocycles. The van der Waals surface area contributed by atoms with Crippen molar-refractivity contribution in [2.24, 2.45) is 5.92 Å². The largest absolute Gasteiger partial charge is 0.372 e. The molecule has 1 saturated heterocycles. The average Bonchev–Trinajstić information content (AvgIpc) is 2.62. The third-order valence-electron chi connectivity index (χ3n) is 4.92. The fourth-order valence-corrected chi connectivity index (χ4v) is 4.08. The van der Waals surface area contributed by atoms with Crippen molar-refractivity contribution in [2.45, 2.75) is 25.5 Å². The highest BCUT2D eigenvalue weighted by atomic mass is 32.2. The summed E-state index contributed by atoms with van der Waals surface area (Å²) in [5.74, 6) is 0.565. The maximum absolute atomic E-state index is 12.4. The van der Waals surface area contributed by atoms with Gasteiger partial charge in [0.1, 0.15) is 0 Å². The van der Waals surface area contributed by atoms with Crippen molar-refractivity contribution in [3.05, 3.63) is 59.7 Å². The molecule has 27 heavy (non-hydrogen) atoms. The number of nitrogens with one attached hydrogen (secondary N) is 1. The number of carbonyl (C=O) groups excluding carboxylic acids is 1. The smallest absolute Gasteiger partial charge is 0.255 e. The molecule has 1 heterocycles. The molecule has 3 rings (SSSR count). The standard InChI is InChI=1S/C21H26N2O3S/c1-16-11-13-23(14-12-16)20-9-7-19(8-10-20)22-21(24)18-5-3-17(4-6-18)15-27(2,25)26/h3-10,16H,11-15H2,1-2H3,(H,22,24). The molecule has 0 radical (unpaired) electrons. The number of nitrogens with zero attached hydrogens (tertiary/aromatic N) is 1. The minimum Gasteiger partial charge on any atom is -0.372 e. The molecule has 1 aliphatic heterocycles. The number of carbonyl (C=O) groups is 1. The van der Waals surface area contributed by atoms with Gasteiger partial charge in [0.25, 0.3) is 5.91 Å². The van der Waals surface area contributed by atoms with Crippen LogP contribution in [-0.4, -0.2) is 33.7 Å². The van der Waals surface area contributed by atoms with Gasteiger partial charge in [-0.25, -0.2) is 8.42 Å². The lowest BCUT2D eigenvalue weighted by atomic mass is 9.99. The highest BCUT2D eigenvalue weighted by Gasteiger charge is 2.16. The zero-order valence-electron chi connectivity index (χ0n) is 15.8. The minimum absolute atomic E-state index is 0.0222. The van der Waals surface area contributed by atoms with Gasteiger partial charge in [-0.15, -0.1) is 0 Å². The van der Waals surface area contributed by atoms with Crippen molar-refractivity contribution >= 4 is 27.1 Å². The van der Waals surface area contributed by atoms with Gasteiger partial charge in [0.05, 0.1) is 5.75 Å². The molecule has 2 aromatic carbocycles. The van der Waals surface area contributed by atoms with Crippen LogP contribution in [0.3, 0.4) is 0 Å². The van der Waals surface area contributed by atoms with Gasteiger partial charge in [-0.3, -0.25) is 4.79 Å². The summed E-state index contributed by atoms with van der Waals surface area (Å²) < 4.78 is 22.7. The highest BCUT2D eigenvalue weighted by Crippen LogP contribution is 2.24. The van der Waals surface area contributed by atoms with Crippen LogP contribution < -0.4 is 10.2 Å². The fraction of sp³-hybridized carbons (Fsp3) is 0.381. The molecule has 0 aromatic heterocycles. The number of piperidine rings is 1. The van der Waals surface area contributed by atoms with Gasteiger partial charge in [0.2, 0.25) is 0 Å². The van der Waals surface area contributed by atoms with Crippen LogP contribution in [0.15, 0.2) is 48.5 Å². The van der Waals surface area contributed by atoms with Gasteiger partial charge < -0.3 is 10.2 Å². The third-order valence-corrected chi connectivity index (χ3v) is 5.78. The molecular weight excluding hydrogens is 360 g/mol. The summed E-state index contributed by atoms with van der Waals surface area (Å²) in [6, 6.07) is 14.6. The molecule has 144 valence electrons. The Hall–Kier alpha value is -2.34. The molecule has 1 amide bonds. The SMILES string of the molecule is CC1CCN(c2ccc(NC(=O)c3ccc(CS(C)(=O)=O)cc3)cc2)CC1. The van der Waals surface area contributed by atoms with Crippen LogP contribution in [-0.2, 0) is 15.6 Å². The van der Waals surface area contributed by atoms with Crippen molar-refractivity contribution in [1.29, 1.82) is 0 Å². The van der Waals surface area contributed by atoms with E-state index in [1.807, 2.05) is 24.3 Å². The molecule has 1 fully saturated rings. The monoisotopic (exact) mass is 386 g/mol. The second kappa shape index (κ2) is 8.13. The second-order valence-electron chi connectivity index (χ2n) is 7.44. The molecule has 1 N–H and O–H groups in total. The van der Waals surface area contributed by atoms with Gasteiger partial charge in [-0.2, -0.15) is 0 Å². The van der Waals surface area contributed by atoms with E-state index in [2.05, 4.69) is 17.1 Å². The van der Waals surface area contributed by atoms with Gasteiger partial charge in [-0.1, -0.05) is 19.1 Å². The zero-order chi connectivity index (χ0) is 19.4. The van der Waals surface area contributed by atoms with E-state index in [9.17, 15) is 13.2 Å². The minimum atomic E-state index is -3.08. The number of hydrogen-bond donors (Lipinski definition) is 1. The van der Waals surface area contributed by atoms with Crippen LogP contribution in [0.5, 0.6) is 0 Å². The first-order chi connectivity index (χ1) is 12.8. The molecule has 0 spiro atoms. The summed E-state index contributed by atoms with van der Waals surface area (Å²) in [4.78, 5) is 14.8. The van der Waals surface area contributed by atoms with Crippen LogP contribution >= 0.6 is 0 Å². The summed E-state index contributed by atoms with van der Waals surface area (Å²) >= 11 is 0. The Morgan fingerprint density at radius 3 is 2.19 bits per heavy atom. The van der Waals surface area contributed by atoms with Crippen molar-refractivity contribution in [3.8, 4) is 0 Å². The average molecular weight is 387 g/mol. The lowest BCUT2D eigenvalue weighted by molar-refractivity contribution is 0.102. The van der Waals surface area contributed by atoms with E-state index in [0.717, 1.165) is 24.7 Å². The summed E-state index contributed by atoms with van der Waals surface area (Å²) in [5.41, 5.74) is 3.11. The summed E-state index contributed by atoms with van der Waals surface area (Å²) in [5, 5.41) is 2.89. The number of amides is 1. The van der Waals surface area contributed by atoms with E-state index in [1.54, 1.807) is 24.3 Å². The summed E-state index contributed by atoms with van der Waals surface area (Å²) in [6.45, 7) is 4.45. The molecule has 6 heteroatoms. The second-order valence-corrected chi connectivity index (χ2v) is 9.58. The van der Waals surface area contributed by atoms with Crippen molar-refractivity contribution in [1.82, 2.24) is 0 Å². The third kappa shape index (κ3) is 5.57. The van der Waals surface area contributed by atoms with Crippen molar-refractivity contribution < 1.29 is 13.2 Å². The van der Waals surface area contributed by atoms with Gasteiger partial charge in [0.15, 0.2) is 9.84 Å². The van der Waals surface area contributed by atoms with Crippen LogP contribution in [0, 0.1) is 5.92 Å². The quantitative estimate of drug-likeness (QED) is 0.850. The Bertz CT molecular complexity index is 882. The molecule has 0 bridgehead atoms. The number of hydrogen-bond acceptors (Lipinski definition) is 4. The van der Waals surface area contributed by atoms with Gasteiger partial charge >= 0.3 is 0 Å². The fourth-order valence-electron chi connectivity index (χ4n) is 3.28. The van der Waals surface area contributed by atoms with Gasteiger partial charge in [0, 0.05) is 36.3 Å². The molecule has 1 aliphatic rings. The van der Waals surface area contributed by atoms with E-state index in [1.165, 1.54) is 24.8 Å². The topological polar surface area (TPSA) is 66.5 Å². The van der Waals surface area contributed by atoms with Crippen LogP contribution in [0.25, 0.3) is 0 Å².